The first-order valence-corrected chi connectivity index (χ1v) is 4.68. The second kappa shape index (κ2) is 4.28. The topological polar surface area (TPSA) is 55.9 Å². The lowest BCUT2D eigenvalue weighted by molar-refractivity contribution is 0.552. The highest BCUT2D eigenvalue weighted by molar-refractivity contribution is 5.27. The number of nitrogen functional groups attached to an aromatic ring is 1. The minimum absolute atomic E-state index is 0.475. The van der Waals surface area contributed by atoms with Crippen LogP contribution in [0.5, 0.6) is 0 Å². The molecular weight excluding hydrogens is 164 g/mol. The third-order valence-corrected chi connectivity index (χ3v) is 1.95. The molecule has 3 N–H and O–H groups in total. The number of anilines is 1. The molecule has 0 saturated heterocycles. The largest absolute Gasteiger partial charge is 0.384 e. The standard InChI is InChI=1S/C9H18N4/c1-4-13-8(10)5-12-9(13)6-11-7(2)3/h5,7,11H,4,6,10H2,1-3H3. The van der Waals surface area contributed by atoms with Crippen molar-refractivity contribution < 1.29 is 0 Å². The maximum Gasteiger partial charge on any atom is 0.124 e. The third kappa shape index (κ3) is 2.45. The van der Waals surface area contributed by atoms with Crippen LogP contribution < -0.4 is 11.1 Å². The number of aromatic nitrogens is 2. The molecule has 0 aliphatic carbocycles. The SMILES string of the molecule is CCn1c(N)cnc1CNC(C)C. The van der Waals surface area contributed by atoms with Crippen LogP contribution in [-0.4, -0.2) is 15.6 Å². The van der Waals surface area contributed by atoms with Gasteiger partial charge in [-0.2, -0.15) is 0 Å². The smallest absolute Gasteiger partial charge is 0.124 e. The number of rotatable bonds is 4. The van der Waals surface area contributed by atoms with Gasteiger partial charge in [-0.15, -0.1) is 0 Å². The van der Waals surface area contributed by atoms with Gasteiger partial charge in [0.2, 0.25) is 0 Å². The van der Waals surface area contributed by atoms with E-state index in [0.717, 1.165) is 24.7 Å². The quantitative estimate of drug-likeness (QED) is 0.730. The second-order valence-electron chi connectivity index (χ2n) is 3.38. The summed E-state index contributed by atoms with van der Waals surface area (Å²) in [5.74, 6) is 1.75. The van der Waals surface area contributed by atoms with Crippen molar-refractivity contribution in [1.82, 2.24) is 14.9 Å². The summed E-state index contributed by atoms with van der Waals surface area (Å²) in [6.07, 6.45) is 1.71. The van der Waals surface area contributed by atoms with E-state index < -0.39 is 0 Å². The number of imidazole rings is 1. The van der Waals surface area contributed by atoms with Crippen LogP contribution in [0, 0.1) is 0 Å². The predicted molar refractivity (Wildman–Crippen MR) is 54.3 cm³/mol. The van der Waals surface area contributed by atoms with Crippen LogP contribution in [0.15, 0.2) is 6.20 Å². The summed E-state index contributed by atoms with van der Waals surface area (Å²) in [5, 5.41) is 3.31. The first kappa shape index (κ1) is 10.1. The molecule has 0 spiro atoms. The zero-order valence-corrected chi connectivity index (χ0v) is 8.54. The van der Waals surface area contributed by atoms with Crippen LogP contribution in [0.25, 0.3) is 0 Å². The van der Waals surface area contributed by atoms with Gasteiger partial charge in [0, 0.05) is 12.6 Å². The molecule has 0 aliphatic heterocycles. The van der Waals surface area contributed by atoms with Crippen LogP contribution in [0.1, 0.15) is 26.6 Å². The molecule has 0 bridgehead atoms. The number of nitrogens with one attached hydrogen (secondary N) is 1. The summed E-state index contributed by atoms with van der Waals surface area (Å²) in [6.45, 7) is 7.95. The van der Waals surface area contributed by atoms with E-state index >= 15 is 0 Å². The molecule has 13 heavy (non-hydrogen) atoms. The Hall–Kier alpha value is -1.03. The van der Waals surface area contributed by atoms with Crippen molar-refractivity contribution in [2.75, 3.05) is 5.73 Å². The lowest BCUT2D eigenvalue weighted by Crippen LogP contribution is -2.24. The Bertz CT molecular complexity index is 265. The Morgan fingerprint density at radius 3 is 2.85 bits per heavy atom. The van der Waals surface area contributed by atoms with Gasteiger partial charge in [-0.1, -0.05) is 13.8 Å². The van der Waals surface area contributed by atoms with E-state index in [1.165, 1.54) is 0 Å². The predicted octanol–water partition coefficient (Wildman–Crippen LogP) is 0.983. The Kier molecular flexibility index (Phi) is 3.31. The Labute approximate surface area is 79.1 Å². The van der Waals surface area contributed by atoms with E-state index in [1.54, 1.807) is 6.20 Å². The van der Waals surface area contributed by atoms with Gasteiger partial charge >= 0.3 is 0 Å². The summed E-state index contributed by atoms with van der Waals surface area (Å²) < 4.78 is 2.01. The summed E-state index contributed by atoms with van der Waals surface area (Å²) in [6, 6.07) is 0.475. The molecule has 0 fully saturated rings. The maximum absolute atomic E-state index is 5.73. The first-order valence-electron chi connectivity index (χ1n) is 4.68. The van der Waals surface area contributed by atoms with Crippen molar-refractivity contribution >= 4 is 5.82 Å². The second-order valence-corrected chi connectivity index (χ2v) is 3.38. The molecule has 4 nitrogen and oxygen atoms in total. The average Bonchev–Trinajstić information content (AvgIpc) is 2.42. The fourth-order valence-corrected chi connectivity index (χ4v) is 1.23. The molecule has 0 unspecified atom stereocenters. The fraction of sp³-hybridized carbons (Fsp3) is 0.667. The molecule has 0 saturated carbocycles. The number of hydrogen-bond donors (Lipinski definition) is 2. The highest BCUT2D eigenvalue weighted by atomic mass is 15.1. The molecule has 1 aromatic heterocycles. The Morgan fingerprint density at radius 2 is 2.31 bits per heavy atom. The van der Waals surface area contributed by atoms with Gasteiger partial charge in [-0.05, 0) is 6.92 Å². The maximum atomic E-state index is 5.73. The third-order valence-electron chi connectivity index (χ3n) is 1.95. The zero-order valence-electron chi connectivity index (χ0n) is 8.54. The van der Waals surface area contributed by atoms with Gasteiger partial charge in [0.1, 0.15) is 11.6 Å². The summed E-state index contributed by atoms with van der Waals surface area (Å²) >= 11 is 0. The van der Waals surface area contributed by atoms with Crippen molar-refractivity contribution in [2.45, 2.75) is 39.9 Å². The normalized spacial score (nSPS) is 11.1. The highest BCUT2D eigenvalue weighted by Crippen LogP contribution is 2.06. The van der Waals surface area contributed by atoms with Crippen LogP contribution in [-0.2, 0) is 13.1 Å². The Balaban J connectivity index is 2.65. The molecule has 0 aliphatic rings. The van der Waals surface area contributed by atoms with Crippen LogP contribution in [0.4, 0.5) is 5.82 Å². The van der Waals surface area contributed by atoms with Crippen molar-refractivity contribution in [2.24, 2.45) is 0 Å². The summed E-state index contributed by atoms with van der Waals surface area (Å²) in [4.78, 5) is 4.23. The number of nitrogens with zero attached hydrogens (tertiary/aromatic N) is 2. The Morgan fingerprint density at radius 1 is 1.62 bits per heavy atom. The van der Waals surface area contributed by atoms with Crippen LogP contribution >= 0.6 is 0 Å². The summed E-state index contributed by atoms with van der Waals surface area (Å²) in [5.41, 5.74) is 5.73. The van der Waals surface area contributed by atoms with Gasteiger partial charge in [-0.3, -0.25) is 0 Å². The number of hydrogen-bond acceptors (Lipinski definition) is 3. The van der Waals surface area contributed by atoms with Crippen molar-refractivity contribution in [1.29, 1.82) is 0 Å². The minimum Gasteiger partial charge on any atom is -0.384 e. The monoisotopic (exact) mass is 182 g/mol. The van der Waals surface area contributed by atoms with E-state index in [-0.39, 0.29) is 0 Å². The van der Waals surface area contributed by atoms with Crippen LogP contribution in [0.3, 0.4) is 0 Å². The molecule has 74 valence electrons. The highest BCUT2D eigenvalue weighted by Gasteiger charge is 2.05. The molecule has 0 amide bonds. The van der Waals surface area contributed by atoms with Crippen molar-refractivity contribution in [3.8, 4) is 0 Å². The van der Waals surface area contributed by atoms with Gasteiger partial charge < -0.3 is 15.6 Å². The molecule has 0 atom stereocenters. The van der Waals surface area contributed by atoms with E-state index in [4.69, 9.17) is 5.73 Å². The van der Waals surface area contributed by atoms with E-state index in [2.05, 4.69) is 31.1 Å². The van der Waals surface area contributed by atoms with Gasteiger partial charge in [0.25, 0.3) is 0 Å². The molecule has 1 heterocycles. The fourth-order valence-electron chi connectivity index (χ4n) is 1.23. The minimum atomic E-state index is 0.475. The van der Waals surface area contributed by atoms with Crippen molar-refractivity contribution in [3.63, 3.8) is 0 Å². The van der Waals surface area contributed by atoms with Gasteiger partial charge in [0.15, 0.2) is 0 Å². The van der Waals surface area contributed by atoms with E-state index in [9.17, 15) is 0 Å². The van der Waals surface area contributed by atoms with Gasteiger partial charge in [0.05, 0.1) is 12.7 Å². The molecule has 1 aromatic rings. The van der Waals surface area contributed by atoms with E-state index in [1.807, 2.05) is 4.57 Å². The molecule has 0 aromatic carbocycles. The lowest BCUT2D eigenvalue weighted by Gasteiger charge is -2.09. The average molecular weight is 182 g/mol. The molecule has 4 heteroatoms. The molecular formula is C9H18N4. The zero-order chi connectivity index (χ0) is 9.84. The molecule has 1 rings (SSSR count). The lowest BCUT2D eigenvalue weighted by atomic mass is 10.4. The molecule has 0 radical (unpaired) electrons. The van der Waals surface area contributed by atoms with E-state index in [0.29, 0.717) is 6.04 Å². The number of nitrogens with two attached hydrogens (primary N) is 1. The van der Waals surface area contributed by atoms with Gasteiger partial charge in [-0.25, -0.2) is 4.98 Å². The summed E-state index contributed by atoms with van der Waals surface area (Å²) in [7, 11) is 0. The van der Waals surface area contributed by atoms with Crippen molar-refractivity contribution in [3.05, 3.63) is 12.0 Å². The first-order chi connectivity index (χ1) is 6.15. The van der Waals surface area contributed by atoms with Crippen LogP contribution in [0.2, 0.25) is 0 Å².